The van der Waals surface area contributed by atoms with Crippen molar-refractivity contribution in [3.8, 4) is 16.9 Å². The lowest BCUT2D eigenvalue weighted by molar-refractivity contribution is 0.0526. The maximum atomic E-state index is 11.7. The third kappa shape index (κ3) is 2.71. The van der Waals surface area contributed by atoms with Crippen LogP contribution < -0.4 is 4.74 Å². The summed E-state index contributed by atoms with van der Waals surface area (Å²) in [4.78, 5) is 11.7. The molecular formula is C19H20O3. The summed E-state index contributed by atoms with van der Waals surface area (Å²) >= 11 is 0. The Kier molecular flexibility index (Phi) is 3.88. The first-order chi connectivity index (χ1) is 10.6. The summed E-state index contributed by atoms with van der Waals surface area (Å²) in [6, 6.07) is 11.8. The van der Waals surface area contributed by atoms with Crippen LogP contribution in [-0.2, 0) is 11.2 Å². The Morgan fingerprint density at radius 2 is 2.00 bits per heavy atom. The van der Waals surface area contributed by atoms with Gasteiger partial charge in [0.25, 0.3) is 0 Å². The standard InChI is InChI=1S/C19H20O3/c1-4-21-19(20)15-7-5-14(6-8-15)17-10-12(2)9-16-11-13(3)22-18(16)17/h5-10,13H,4,11H2,1-3H3/t13-/m0/s1. The van der Waals surface area contributed by atoms with E-state index in [2.05, 4.69) is 26.0 Å². The highest BCUT2D eigenvalue weighted by Crippen LogP contribution is 2.39. The molecule has 22 heavy (non-hydrogen) atoms. The smallest absolute Gasteiger partial charge is 0.338 e. The maximum Gasteiger partial charge on any atom is 0.338 e. The monoisotopic (exact) mass is 296 g/mol. The summed E-state index contributed by atoms with van der Waals surface area (Å²) < 4.78 is 11.0. The van der Waals surface area contributed by atoms with Gasteiger partial charge in [-0.3, -0.25) is 0 Å². The van der Waals surface area contributed by atoms with Gasteiger partial charge in [0, 0.05) is 12.0 Å². The normalized spacial score (nSPS) is 16.0. The Bertz CT molecular complexity index is 701. The van der Waals surface area contributed by atoms with Crippen molar-refractivity contribution >= 4 is 5.97 Å². The zero-order valence-corrected chi connectivity index (χ0v) is 13.2. The Morgan fingerprint density at radius 3 is 2.68 bits per heavy atom. The number of benzene rings is 2. The van der Waals surface area contributed by atoms with Crippen molar-refractivity contribution in [3.05, 3.63) is 53.1 Å². The van der Waals surface area contributed by atoms with Gasteiger partial charge in [-0.2, -0.15) is 0 Å². The van der Waals surface area contributed by atoms with Crippen LogP contribution in [0.15, 0.2) is 36.4 Å². The summed E-state index contributed by atoms with van der Waals surface area (Å²) in [6.45, 7) is 6.38. The molecule has 0 unspecified atom stereocenters. The van der Waals surface area contributed by atoms with Crippen LogP contribution in [0.1, 0.15) is 35.3 Å². The van der Waals surface area contributed by atoms with Crippen LogP contribution >= 0.6 is 0 Å². The number of hydrogen-bond donors (Lipinski definition) is 0. The molecule has 1 aliphatic rings. The highest BCUT2D eigenvalue weighted by molar-refractivity contribution is 5.90. The van der Waals surface area contributed by atoms with E-state index in [0.717, 1.165) is 23.3 Å². The highest BCUT2D eigenvalue weighted by Gasteiger charge is 2.23. The summed E-state index contributed by atoms with van der Waals surface area (Å²) in [7, 11) is 0. The fraction of sp³-hybridized carbons (Fsp3) is 0.316. The molecule has 0 radical (unpaired) electrons. The van der Waals surface area contributed by atoms with Gasteiger partial charge in [-0.1, -0.05) is 18.2 Å². The highest BCUT2D eigenvalue weighted by atomic mass is 16.5. The van der Waals surface area contributed by atoms with E-state index >= 15 is 0 Å². The van der Waals surface area contributed by atoms with Crippen molar-refractivity contribution in [3.63, 3.8) is 0 Å². The summed E-state index contributed by atoms with van der Waals surface area (Å²) in [5.41, 5.74) is 5.21. The fourth-order valence-electron chi connectivity index (χ4n) is 2.91. The van der Waals surface area contributed by atoms with Gasteiger partial charge in [0.1, 0.15) is 11.9 Å². The van der Waals surface area contributed by atoms with Crippen LogP contribution in [0.25, 0.3) is 11.1 Å². The second kappa shape index (κ2) is 5.84. The number of rotatable bonds is 3. The molecule has 0 amide bonds. The first-order valence-corrected chi connectivity index (χ1v) is 7.66. The van der Waals surface area contributed by atoms with E-state index in [1.165, 1.54) is 11.1 Å². The number of aryl methyl sites for hydroxylation is 1. The molecular weight excluding hydrogens is 276 g/mol. The van der Waals surface area contributed by atoms with E-state index in [0.29, 0.717) is 12.2 Å². The van der Waals surface area contributed by atoms with Gasteiger partial charge < -0.3 is 9.47 Å². The van der Waals surface area contributed by atoms with Crippen LogP contribution in [-0.4, -0.2) is 18.7 Å². The van der Waals surface area contributed by atoms with E-state index < -0.39 is 0 Å². The van der Waals surface area contributed by atoms with Crippen LogP contribution in [0, 0.1) is 6.92 Å². The van der Waals surface area contributed by atoms with Crippen molar-refractivity contribution in [1.82, 2.24) is 0 Å². The van der Waals surface area contributed by atoms with Gasteiger partial charge in [-0.15, -0.1) is 0 Å². The van der Waals surface area contributed by atoms with E-state index in [1.807, 2.05) is 12.1 Å². The minimum Gasteiger partial charge on any atom is -0.489 e. The number of ether oxygens (including phenoxy) is 2. The molecule has 3 rings (SSSR count). The first kappa shape index (κ1) is 14.6. The Morgan fingerprint density at radius 1 is 1.27 bits per heavy atom. The minimum absolute atomic E-state index is 0.217. The van der Waals surface area contributed by atoms with Crippen molar-refractivity contribution in [2.45, 2.75) is 33.3 Å². The summed E-state index contributed by atoms with van der Waals surface area (Å²) in [6.07, 6.45) is 1.17. The minimum atomic E-state index is -0.284. The molecule has 0 N–H and O–H groups in total. The Labute approximate surface area is 130 Å². The average Bonchev–Trinajstić information content (AvgIpc) is 2.87. The molecule has 0 aliphatic carbocycles. The molecule has 0 bridgehead atoms. The molecule has 3 heteroatoms. The van der Waals surface area contributed by atoms with E-state index in [1.54, 1.807) is 19.1 Å². The number of fused-ring (bicyclic) bond motifs is 1. The first-order valence-electron chi connectivity index (χ1n) is 7.66. The quantitative estimate of drug-likeness (QED) is 0.798. The molecule has 0 saturated heterocycles. The Balaban J connectivity index is 1.97. The second-order valence-corrected chi connectivity index (χ2v) is 5.73. The maximum absolute atomic E-state index is 11.7. The van der Waals surface area contributed by atoms with Crippen molar-refractivity contribution in [2.75, 3.05) is 6.61 Å². The average molecular weight is 296 g/mol. The van der Waals surface area contributed by atoms with Gasteiger partial charge in [0.2, 0.25) is 0 Å². The van der Waals surface area contributed by atoms with E-state index in [-0.39, 0.29) is 12.1 Å². The second-order valence-electron chi connectivity index (χ2n) is 5.73. The predicted molar refractivity (Wildman–Crippen MR) is 86.4 cm³/mol. The molecule has 2 aromatic carbocycles. The molecule has 2 aromatic rings. The summed E-state index contributed by atoms with van der Waals surface area (Å²) in [5, 5.41) is 0. The molecule has 114 valence electrons. The topological polar surface area (TPSA) is 35.5 Å². The molecule has 0 saturated carbocycles. The lowest BCUT2D eigenvalue weighted by Gasteiger charge is -2.11. The van der Waals surface area contributed by atoms with Gasteiger partial charge in [-0.25, -0.2) is 4.79 Å². The molecule has 0 aromatic heterocycles. The SMILES string of the molecule is CCOC(=O)c1ccc(-c2cc(C)cc3c2O[C@@H](C)C3)cc1. The van der Waals surface area contributed by atoms with Crippen molar-refractivity contribution in [1.29, 1.82) is 0 Å². The molecule has 0 spiro atoms. The third-order valence-electron chi connectivity index (χ3n) is 3.84. The van der Waals surface area contributed by atoms with E-state index in [9.17, 15) is 4.79 Å². The Hall–Kier alpha value is -2.29. The zero-order valence-electron chi connectivity index (χ0n) is 13.2. The number of carbonyl (C=O) groups is 1. The van der Waals surface area contributed by atoms with Crippen LogP contribution in [0.2, 0.25) is 0 Å². The lowest BCUT2D eigenvalue weighted by atomic mass is 9.97. The van der Waals surface area contributed by atoms with Crippen LogP contribution in [0.5, 0.6) is 5.75 Å². The third-order valence-corrected chi connectivity index (χ3v) is 3.84. The van der Waals surface area contributed by atoms with Gasteiger partial charge >= 0.3 is 5.97 Å². The molecule has 1 atom stereocenters. The van der Waals surface area contributed by atoms with Gasteiger partial charge in [0.05, 0.1) is 12.2 Å². The number of hydrogen-bond acceptors (Lipinski definition) is 3. The lowest BCUT2D eigenvalue weighted by Crippen LogP contribution is -2.05. The largest absolute Gasteiger partial charge is 0.489 e. The van der Waals surface area contributed by atoms with E-state index in [4.69, 9.17) is 9.47 Å². The number of carbonyl (C=O) groups excluding carboxylic acids is 1. The molecule has 3 nitrogen and oxygen atoms in total. The summed E-state index contributed by atoms with van der Waals surface area (Å²) in [5.74, 6) is 0.690. The molecule has 1 heterocycles. The number of esters is 1. The van der Waals surface area contributed by atoms with Crippen LogP contribution in [0.3, 0.4) is 0 Å². The molecule has 1 aliphatic heterocycles. The van der Waals surface area contributed by atoms with Crippen molar-refractivity contribution < 1.29 is 14.3 Å². The van der Waals surface area contributed by atoms with Crippen LogP contribution in [0.4, 0.5) is 0 Å². The van der Waals surface area contributed by atoms with Crippen molar-refractivity contribution in [2.24, 2.45) is 0 Å². The predicted octanol–water partition coefficient (Wildman–Crippen LogP) is 4.16. The van der Waals surface area contributed by atoms with Gasteiger partial charge in [0.15, 0.2) is 0 Å². The van der Waals surface area contributed by atoms with Gasteiger partial charge in [-0.05, 0) is 55.7 Å². The zero-order chi connectivity index (χ0) is 15.7. The molecule has 0 fully saturated rings. The fourth-order valence-corrected chi connectivity index (χ4v) is 2.91.